The number of piperazine rings is 1. The topological polar surface area (TPSA) is 88.8 Å². The molecule has 132 valence electrons. The second-order valence-electron chi connectivity index (χ2n) is 5.91. The molecular weight excluding hydrogens is 324 g/mol. The summed E-state index contributed by atoms with van der Waals surface area (Å²) in [6, 6.07) is 6.65. The Morgan fingerprint density at radius 1 is 1.28 bits per heavy atom. The van der Waals surface area contributed by atoms with Gasteiger partial charge < -0.3 is 14.5 Å². The van der Waals surface area contributed by atoms with Crippen molar-refractivity contribution in [1.29, 1.82) is 0 Å². The van der Waals surface area contributed by atoms with Gasteiger partial charge in [0.05, 0.1) is 17.0 Å². The fraction of sp³-hybridized carbons (Fsp3) is 0.412. The Morgan fingerprint density at radius 3 is 2.64 bits per heavy atom. The van der Waals surface area contributed by atoms with Gasteiger partial charge in [0.1, 0.15) is 0 Å². The molecule has 25 heavy (non-hydrogen) atoms. The third-order valence-corrected chi connectivity index (χ3v) is 4.26. The molecule has 0 atom stereocenters. The maximum atomic E-state index is 11.8. The molecule has 2 aromatic rings. The molecule has 0 bridgehead atoms. The quantitative estimate of drug-likeness (QED) is 0.628. The van der Waals surface area contributed by atoms with E-state index in [1.807, 2.05) is 13.0 Å². The zero-order valence-electron chi connectivity index (χ0n) is 14.3. The van der Waals surface area contributed by atoms with Crippen molar-refractivity contribution < 1.29 is 14.5 Å². The fourth-order valence-electron chi connectivity index (χ4n) is 3.04. The first-order valence-corrected chi connectivity index (χ1v) is 8.22. The van der Waals surface area contributed by atoms with Gasteiger partial charge in [-0.1, -0.05) is 0 Å². The average Bonchev–Trinajstić information content (AvgIpc) is 2.61. The number of benzene rings is 1. The summed E-state index contributed by atoms with van der Waals surface area (Å²) in [7, 11) is 0. The van der Waals surface area contributed by atoms with Gasteiger partial charge in [0.25, 0.3) is 5.69 Å². The van der Waals surface area contributed by atoms with E-state index in [1.165, 1.54) is 6.07 Å². The Labute approximate surface area is 145 Å². The molecule has 8 nitrogen and oxygen atoms in total. The van der Waals surface area contributed by atoms with Crippen molar-refractivity contribution in [2.24, 2.45) is 0 Å². The van der Waals surface area contributed by atoms with Gasteiger partial charge in [0.15, 0.2) is 0 Å². The number of aryl methyl sites for hydroxylation is 1. The lowest BCUT2D eigenvalue weighted by atomic mass is 10.1. The van der Waals surface area contributed by atoms with Gasteiger partial charge in [0.2, 0.25) is 0 Å². The number of carbonyl (C=O) groups excluding carboxylic acids is 1. The molecule has 0 spiro atoms. The number of amides is 1. The Kier molecular flexibility index (Phi) is 4.69. The van der Waals surface area contributed by atoms with Crippen LogP contribution in [0.4, 0.5) is 16.2 Å². The number of ether oxygens (including phenoxy) is 1. The summed E-state index contributed by atoms with van der Waals surface area (Å²) in [5, 5.41) is 11.8. The molecule has 1 aliphatic rings. The maximum Gasteiger partial charge on any atom is 0.409 e. The average molecular weight is 344 g/mol. The second-order valence-corrected chi connectivity index (χ2v) is 5.91. The molecule has 0 saturated carbocycles. The van der Waals surface area contributed by atoms with Crippen molar-refractivity contribution in [1.82, 2.24) is 9.88 Å². The number of non-ortho nitro benzene ring substituents is 1. The normalized spacial score (nSPS) is 14.6. The summed E-state index contributed by atoms with van der Waals surface area (Å²) in [4.78, 5) is 30.8. The summed E-state index contributed by atoms with van der Waals surface area (Å²) in [5.74, 6) is 0. The highest BCUT2D eigenvalue weighted by atomic mass is 16.6. The third-order valence-electron chi connectivity index (χ3n) is 4.26. The first-order chi connectivity index (χ1) is 12.0. The smallest absolute Gasteiger partial charge is 0.409 e. The van der Waals surface area contributed by atoms with Crippen LogP contribution < -0.4 is 4.90 Å². The van der Waals surface area contributed by atoms with Gasteiger partial charge in [-0.25, -0.2) is 4.79 Å². The fourth-order valence-corrected chi connectivity index (χ4v) is 3.04. The second kappa shape index (κ2) is 6.92. The van der Waals surface area contributed by atoms with Crippen molar-refractivity contribution in [3.8, 4) is 0 Å². The number of rotatable bonds is 3. The number of nitro benzene ring substituents is 1. The van der Waals surface area contributed by atoms with E-state index in [1.54, 1.807) is 24.0 Å². The molecule has 1 aromatic carbocycles. The number of aromatic nitrogens is 1. The first kappa shape index (κ1) is 16.9. The largest absolute Gasteiger partial charge is 0.450 e. The number of fused-ring (bicyclic) bond motifs is 1. The van der Waals surface area contributed by atoms with Crippen molar-refractivity contribution in [2.75, 3.05) is 37.7 Å². The van der Waals surface area contributed by atoms with Crippen molar-refractivity contribution >= 4 is 28.4 Å². The number of nitrogens with zero attached hydrogens (tertiary/aromatic N) is 4. The molecule has 0 unspecified atom stereocenters. The van der Waals surface area contributed by atoms with E-state index >= 15 is 0 Å². The molecule has 8 heteroatoms. The van der Waals surface area contributed by atoms with Gasteiger partial charge in [-0.2, -0.15) is 0 Å². The van der Waals surface area contributed by atoms with Gasteiger partial charge in [0, 0.05) is 55.1 Å². The van der Waals surface area contributed by atoms with E-state index in [0.717, 1.165) is 22.3 Å². The predicted molar refractivity (Wildman–Crippen MR) is 93.9 cm³/mol. The first-order valence-electron chi connectivity index (χ1n) is 8.22. The third kappa shape index (κ3) is 3.47. The number of anilines is 1. The number of pyridine rings is 1. The lowest BCUT2D eigenvalue weighted by molar-refractivity contribution is -0.384. The van der Waals surface area contributed by atoms with Crippen LogP contribution in [0.2, 0.25) is 0 Å². The molecule has 1 amide bonds. The minimum absolute atomic E-state index is 0.0459. The van der Waals surface area contributed by atoms with Crippen LogP contribution >= 0.6 is 0 Å². The van der Waals surface area contributed by atoms with Crippen molar-refractivity contribution in [2.45, 2.75) is 13.8 Å². The van der Waals surface area contributed by atoms with E-state index in [4.69, 9.17) is 4.74 Å². The zero-order valence-corrected chi connectivity index (χ0v) is 14.3. The molecule has 0 radical (unpaired) electrons. The van der Waals surface area contributed by atoms with Gasteiger partial charge in [-0.15, -0.1) is 0 Å². The van der Waals surface area contributed by atoms with Crippen LogP contribution in [-0.2, 0) is 4.74 Å². The Hall–Kier alpha value is -2.90. The molecule has 1 fully saturated rings. The summed E-state index contributed by atoms with van der Waals surface area (Å²) in [5.41, 5.74) is 2.54. The van der Waals surface area contributed by atoms with Crippen LogP contribution in [0.3, 0.4) is 0 Å². The number of nitro groups is 1. The van der Waals surface area contributed by atoms with Crippen LogP contribution in [0.25, 0.3) is 10.9 Å². The van der Waals surface area contributed by atoms with E-state index in [9.17, 15) is 14.9 Å². The number of hydrogen-bond acceptors (Lipinski definition) is 6. The Balaban J connectivity index is 1.89. The van der Waals surface area contributed by atoms with Gasteiger partial charge >= 0.3 is 6.09 Å². The standard InChI is InChI=1S/C17H20N4O4/c1-3-25-17(22)20-8-6-19(7-9-20)16-10-12(2)18-15-5-4-13(21(23)24)11-14(15)16/h4-5,10-11H,3,6-9H2,1-2H3. The highest BCUT2D eigenvalue weighted by Gasteiger charge is 2.24. The van der Waals surface area contributed by atoms with Crippen LogP contribution in [0.1, 0.15) is 12.6 Å². The molecule has 3 rings (SSSR count). The van der Waals surface area contributed by atoms with Gasteiger partial charge in [-0.3, -0.25) is 15.1 Å². The van der Waals surface area contributed by atoms with Crippen LogP contribution in [0, 0.1) is 17.0 Å². The lowest BCUT2D eigenvalue weighted by Gasteiger charge is -2.36. The Bertz CT molecular complexity index is 816. The van der Waals surface area contributed by atoms with E-state index < -0.39 is 4.92 Å². The minimum atomic E-state index is -0.401. The zero-order chi connectivity index (χ0) is 18.0. The summed E-state index contributed by atoms with van der Waals surface area (Å²) < 4.78 is 5.04. The summed E-state index contributed by atoms with van der Waals surface area (Å²) in [6.07, 6.45) is -0.298. The Morgan fingerprint density at radius 2 is 2.00 bits per heavy atom. The summed E-state index contributed by atoms with van der Waals surface area (Å²) in [6.45, 7) is 6.43. The molecular formula is C17H20N4O4. The van der Waals surface area contributed by atoms with Crippen LogP contribution in [-0.4, -0.2) is 53.7 Å². The number of hydrogen-bond donors (Lipinski definition) is 0. The molecule has 1 aliphatic heterocycles. The minimum Gasteiger partial charge on any atom is -0.450 e. The van der Waals surface area contributed by atoms with E-state index in [2.05, 4.69) is 9.88 Å². The van der Waals surface area contributed by atoms with Crippen LogP contribution in [0.5, 0.6) is 0 Å². The maximum absolute atomic E-state index is 11.8. The van der Waals surface area contributed by atoms with Crippen molar-refractivity contribution in [3.05, 3.63) is 40.1 Å². The van der Waals surface area contributed by atoms with E-state index in [-0.39, 0.29) is 11.8 Å². The molecule has 2 heterocycles. The monoisotopic (exact) mass is 344 g/mol. The van der Waals surface area contributed by atoms with Crippen molar-refractivity contribution in [3.63, 3.8) is 0 Å². The lowest BCUT2D eigenvalue weighted by Crippen LogP contribution is -2.49. The molecule has 0 N–H and O–H groups in total. The highest BCUT2D eigenvalue weighted by Crippen LogP contribution is 2.30. The molecule has 1 saturated heterocycles. The van der Waals surface area contributed by atoms with E-state index in [0.29, 0.717) is 32.8 Å². The highest BCUT2D eigenvalue weighted by molar-refractivity contribution is 5.93. The number of carbonyl (C=O) groups is 1. The molecule has 0 aliphatic carbocycles. The SMILES string of the molecule is CCOC(=O)N1CCN(c2cc(C)nc3ccc([N+](=O)[O-])cc23)CC1. The van der Waals surface area contributed by atoms with Crippen LogP contribution in [0.15, 0.2) is 24.3 Å². The van der Waals surface area contributed by atoms with Gasteiger partial charge in [-0.05, 0) is 26.0 Å². The predicted octanol–water partition coefficient (Wildman–Crippen LogP) is 2.73. The molecule has 1 aromatic heterocycles. The summed E-state index contributed by atoms with van der Waals surface area (Å²) >= 11 is 0.